The predicted molar refractivity (Wildman–Crippen MR) is 118 cm³/mol. The molecule has 0 amide bonds. The molecule has 150 valence electrons. The second-order valence-corrected chi connectivity index (χ2v) is 9.89. The molecular formula is C22H28N2O2S2. The summed E-state index contributed by atoms with van der Waals surface area (Å²) in [6.45, 7) is 5.11. The van der Waals surface area contributed by atoms with Crippen molar-refractivity contribution in [1.29, 1.82) is 0 Å². The normalized spacial score (nSPS) is 23.4. The summed E-state index contributed by atoms with van der Waals surface area (Å²) in [5.41, 5.74) is 2.71. The van der Waals surface area contributed by atoms with Crippen molar-refractivity contribution in [3.63, 3.8) is 0 Å². The van der Waals surface area contributed by atoms with Crippen LogP contribution in [0.4, 0.5) is 0 Å². The van der Waals surface area contributed by atoms with Crippen LogP contribution in [0.2, 0.25) is 0 Å². The summed E-state index contributed by atoms with van der Waals surface area (Å²) in [6, 6.07) is 22.3. The van der Waals surface area contributed by atoms with Crippen molar-refractivity contribution in [2.75, 3.05) is 38.2 Å². The predicted octanol–water partition coefficient (Wildman–Crippen LogP) is 4.08. The highest BCUT2D eigenvalue weighted by Crippen LogP contribution is 2.29. The molecule has 2 aromatic rings. The van der Waals surface area contributed by atoms with Gasteiger partial charge in [-0.25, -0.2) is 0 Å². The number of rotatable bonds is 9. The van der Waals surface area contributed by atoms with Crippen LogP contribution in [0.3, 0.4) is 0 Å². The third-order valence-corrected chi connectivity index (χ3v) is 7.75. The van der Waals surface area contributed by atoms with Gasteiger partial charge in [0.15, 0.2) is 0 Å². The van der Waals surface area contributed by atoms with Gasteiger partial charge in [0.2, 0.25) is 0 Å². The minimum Gasteiger partial charge on any atom is -0.364 e. The first kappa shape index (κ1) is 20.3. The van der Waals surface area contributed by atoms with E-state index in [-0.39, 0.29) is 0 Å². The third-order valence-electron chi connectivity index (χ3n) is 5.23. The van der Waals surface area contributed by atoms with Crippen molar-refractivity contribution in [2.45, 2.75) is 25.2 Å². The number of ether oxygens (including phenoxy) is 2. The quantitative estimate of drug-likeness (QED) is 0.451. The summed E-state index contributed by atoms with van der Waals surface area (Å²) in [6.07, 6.45) is 0. The van der Waals surface area contributed by atoms with Crippen LogP contribution in [-0.2, 0) is 22.6 Å². The Kier molecular flexibility index (Phi) is 7.72. The van der Waals surface area contributed by atoms with E-state index in [1.54, 1.807) is 0 Å². The largest absolute Gasteiger partial charge is 0.364 e. The van der Waals surface area contributed by atoms with Gasteiger partial charge in [-0.05, 0) is 11.1 Å². The summed E-state index contributed by atoms with van der Waals surface area (Å²) >= 11 is 0. The minimum atomic E-state index is 0.498. The van der Waals surface area contributed by atoms with Crippen molar-refractivity contribution in [2.24, 2.45) is 0 Å². The van der Waals surface area contributed by atoms with E-state index in [9.17, 15) is 0 Å². The van der Waals surface area contributed by atoms with Crippen LogP contribution in [0.15, 0.2) is 60.7 Å². The summed E-state index contributed by atoms with van der Waals surface area (Å²) in [5.74, 6) is 2.20. The van der Waals surface area contributed by atoms with E-state index >= 15 is 0 Å². The number of hydrogen-bond acceptors (Lipinski definition) is 6. The maximum absolute atomic E-state index is 5.73. The molecule has 0 N–H and O–H groups in total. The molecule has 6 heteroatoms. The lowest BCUT2D eigenvalue weighted by molar-refractivity contribution is 0.135. The van der Waals surface area contributed by atoms with Crippen LogP contribution in [0.5, 0.6) is 0 Å². The molecular weight excluding hydrogens is 388 g/mol. The molecule has 2 saturated heterocycles. The second kappa shape index (κ2) is 10.7. The molecule has 2 aliphatic heterocycles. The Morgan fingerprint density at radius 1 is 0.679 bits per heavy atom. The standard InChI is InChI=1S/C22H28N2O2S2/c1-3-7-19(8-4-1)11-23-17-25-13-21(23)15-27-28-16-22-14-26-18-24(22)12-20-9-5-2-6-10-20/h1-10,21-22H,11-18H2/t21-,22-/m0/s1. The van der Waals surface area contributed by atoms with Gasteiger partial charge in [-0.1, -0.05) is 82.3 Å². The molecule has 2 aliphatic rings. The maximum Gasteiger partial charge on any atom is 0.0997 e. The molecule has 4 rings (SSSR count). The molecule has 2 atom stereocenters. The molecule has 0 bridgehead atoms. The molecule has 28 heavy (non-hydrogen) atoms. The van der Waals surface area contributed by atoms with Gasteiger partial charge >= 0.3 is 0 Å². The number of nitrogens with zero attached hydrogens (tertiary/aromatic N) is 2. The molecule has 0 spiro atoms. The van der Waals surface area contributed by atoms with Gasteiger partial charge < -0.3 is 9.47 Å². The summed E-state index contributed by atoms with van der Waals surface area (Å²) in [5, 5.41) is 0. The summed E-state index contributed by atoms with van der Waals surface area (Å²) < 4.78 is 11.5. The first-order chi connectivity index (χ1) is 13.9. The summed E-state index contributed by atoms with van der Waals surface area (Å²) in [4.78, 5) is 4.90. The van der Waals surface area contributed by atoms with Gasteiger partial charge in [0.25, 0.3) is 0 Å². The van der Waals surface area contributed by atoms with E-state index in [2.05, 4.69) is 70.5 Å². The second-order valence-electron chi connectivity index (χ2n) is 7.34. The van der Waals surface area contributed by atoms with E-state index in [0.717, 1.165) is 51.3 Å². The van der Waals surface area contributed by atoms with Crippen molar-refractivity contribution in [1.82, 2.24) is 9.80 Å². The molecule has 0 aromatic heterocycles. The Morgan fingerprint density at radius 3 is 1.54 bits per heavy atom. The fraction of sp³-hybridized carbons (Fsp3) is 0.455. The van der Waals surface area contributed by atoms with Crippen LogP contribution in [0.25, 0.3) is 0 Å². The molecule has 0 saturated carbocycles. The molecule has 4 nitrogen and oxygen atoms in total. The number of benzene rings is 2. The zero-order valence-electron chi connectivity index (χ0n) is 16.1. The van der Waals surface area contributed by atoms with Crippen molar-refractivity contribution < 1.29 is 9.47 Å². The van der Waals surface area contributed by atoms with Gasteiger partial charge in [-0.2, -0.15) is 0 Å². The van der Waals surface area contributed by atoms with Crippen LogP contribution in [0, 0.1) is 0 Å². The lowest BCUT2D eigenvalue weighted by atomic mass is 10.2. The van der Waals surface area contributed by atoms with Gasteiger partial charge in [0.1, 0.15) is 0 Å². The van der Waals surface area contributed by atoms with Crippen LogP contribution in [-0.4, -0.2) is 60.1 Å². The summed E-state index contributed by atoms with van der Waals surface area (Å²) in [7, 11) is 3.95. The Balaban J connectivity index is 1.18. The van der Waals surface area contributed by atoms with E-state index in [1.807, 2.05) is 21.6 Å². The van der Waals surface area contributed by atoms with Crippen molar-refractivity contribution >= 4 is 21.6 Å². The topological polar surface area (TPSA) is 24.9 Å². The smallest absolute Gasteiger partial charge is 0.0997 e. The lowest BCUT2D eigenvalue weighted by Crippen LogP contribution is -2.33. The Hall–Kier alpha value is -1.02. The molecule has 2 aromatic carbocycles. The van der Waals surface area contributed by atoms with Gasteiger partial charge in [0, 0.05) is 36.7 Å². The van der Waals surface area contributed by atoms with Crippen LogP contribution >= 0.6 is 21.6 Å². The zero-order chi connectivity index (χ0) is 19.0. The highest BCUT2D eigenvalue weighted by atomic mass is 33.1. The monoisotopic (exact) mass is 416 g/mol. The van der Waals surface area contributed by atoms with E-state index in [4.69, 9.17) is 9.47 Å². The fourth-order valence-electron chi connectivity index (χ4n) is 3.58. The molecule has 0 aliphatic carbocycles. The van der Waals surface area contributed by atoms with Crippen molar-refractivity contribution in [3.8, 4) is 0 Å². The van der Waals surface area contributed by atoms with Crippen LogP contribution in [0.1, 0.15) is 11.1 Å². The highest BCUT2D eigenvalue weighted by Gasteiger charge is 2.27. The maximum atomic E-state index is 5.73. The molecule has 0 radical (unpaired) electrons. The van der Waals surface area contributed by atoms with E-state index in [1.165, 1.54) is 11.1 Å². The molecule has 2 fully saturated rings. The van der Waals surface area contributed by atoms with Crippen molar-refractivity contribution in [3.05, 3.63) is 71.8 Å². The van der Waals surface area contributed by atoms with Gasteiger partial charge in [-0.15, -0.1) is 0 Å². The first-order valence-corrected chi connectivity index (χ1v) is 12.3. The Labute approximate surface area is 176 Å². The third kappa shape index (κ3) is 5.75. The minimum absolute atomic E-state index is 0.498. The molecule has 0 unspecified atom stereocenters. The fourth-order valence-corrected chi connectivity index (χ4v) is 6.22. The first-order valence-electron chi connectivity index (χ1n) is 9.84. The highest BCUT2D eigenvalue weighted by molar-refractivity contribution is 8.76. The SMILES string of the molecule is c1ccc(CN2COC[C@H]2CSSC[C@@H]2COCN2Cc2ccccc2)cc1. The molecule has 2 heterocycles. The van der Waals surface area contributed by atoms with E-state index in [0.29, 0.717) is 12.1 Å². The van der Waals surface area contributed by atoms with Crippen LogP contribution < -0.4 is 0 Å². The number of hydrogen-bond donors (Lipinski definition) is 0. The Bertz CT molecular complexity index is 643. The average Bonchev–Trinajstić information content (AvgIpc) is 3.36. The zero-order valence-corrected chi connectivity index (χ0v) is 17.7. The average molecular weight is 417 g/mol. The van der Waals surface area contributed by atoms with Gasteiger partial charge in [-0.3, -0.25) is 9.80 Å². The van der Waals surface area contributed by atoms with E-state index < -0.39 is 0 Å². The van der Waals surface area contributed by atoms with Gasteiger partial charge in [0.05, 0.1) is 26.7 Å². The Morgan fingerprint density at radius 2 is 1.11 bits per heavy atom. The lowest BCUT2D eigenvalue weighted by Gasteiger charge is -2.23.